The van der Waals surface area contributed by atoms with E-state index in [0.29, 0.717) is 0 Å². The fourth-order valence-electron chi connectivity index (χ4n) is 1.56. The van der Waals surface area contributed by atoms with E-state index in [1.165, 1.54) is 19.3 Å². The molecule has 0 heterocycles. The quantitative estimate of drug-likeness (QED) is 0.547. The highest BCUT2D eigenvalue weighted by atomic mass is 17.1. The molecule has 1 aromatic rings. The van der Waals surface area contributed by atoms with Crippen molar-refractivity contribution < 1.29 is 10.1 Å². The highest BCUT2D eigenvalue weighted by molar-refractivity contribution is 4.99. The van der Waals surface area contributed by atoms with Crippen molar-refractivity contribution in [1.29, 1.82) is 0 Å². The molecule has 1 aromatic carbocycles. The van der Waals surface area contributed by atoms with Crippen LogP contribution in [0.15, 0.2) is 36.4 Å². The van der Waals surface area contributed by atoms with Crippen molar-refractivity contribution in [3.05, 3.63) is 36.4 Å². The van der Waals surface area contributed by atoms with Crippen LogP contribution in [0.5, 0.6) is 0 Å². The normalized spacial score (nSPS) is 16.9. The Morgan fingerprint density at radius 3 is 1.50 bits per heavy atom. The second kappa shape index (κ2) is 7.54. The average molecular weight is 194 g/mol. The smallest absolute Gasteiger partial charge is 0.0927 e. The van der Waals surface area contributed by atoms with Crippen molar-refractivity contribution in [2.75, 3.05) is 0 Å². The molecule has 1 N–H and O–H groups in total. The molecule has 2 rings (SSSR count). The maximum Gasteiger partial charge on any atom is 0.0927 e. The van der Waals surface area contributed by atoms with E-state index >= 15 is 0 Å². The van der Waals surface area contributed by atoms with E-state index in [4.69, 9.17) is 5.26 Å². The van der Waals surface area contributed by atoms with E-state index in [0.717, 1.165) is 12.8 Å². The van der Waals surface area contributed by atoms with Crippen molar-refractivity contribution in [3.8, 4) is 0 Å². The molecule has 0 saturated heterocycles. The lowest BCUT2D eigenvalue weighted by molar-refractivity contribution is -0.283. The third-order valence-electron chi connectivity index (χ3n) is 2.37. The fourth-order valence-corrected chi connectivity index (χ4v) is 1.56. The predicted molar refractivity (Wildman–Crippen MR) is 57.0 cm³/mol. The second-order valence-corrected chi connectivity index (χ2v) is 3.52. The third kappa shape index (κ3) is 5.00. The second-order valence-electron chi connectivity index (χ2n) is 3.52. The molecule has 0 atom stereocenters. The number of benzene rings is 1. The van der Waals surface area contributed by atoms with Gasteiger partial charge in [0, 0.05) is 0 Å². The molecule has 1 aliphatic carbocycles. The molecule has 1 aliphatic rings. The lowest BCUT2D eigenvalue weighted by Gasteiger charge is -2.17. The Labute approximate surface area is 85.5 Å². The molecule has 2 heteroatoms. The van der Waals surface area contributed by atoms with Gasteiger partial charge in [-0.1, -0.05) is 55.7 Å². The summed E-state index contributed by atoms with van der Waals surface area (Å²) in [6, 6.07) is 12.0. The van der Waals surface area contributed by atoms with E-state index in [-0.39, 0.29) is 6.10 Å². The predicted octanol–water partition coefficient (Wildman–Crippen LogP) is 3.50. The Morgan fingerprint density at radius 1 is 0.786 bits per heavy atom. The van der Waals surface area contributed by atoms with Crippen LogP contribution in [0.25, 0.3) is 0 Å². The van der Waals surface area contributed by atoms with Gasteiger partial charge in [-0.05, 0) is 12.8 Å². The Hall–Kier alpha value is -0.860. The van der Waals surface area contributed by atoms with Crippen LogP contribution in [0, 0.1) is 0 Å². The summed E-state index contributed by atoms with van der Waals surface area (Å²) in [6.07, 6.45) is 5.95. The summed E-state index contributed by atoms with van der Waals surface area (Å²) in [4.78, 5) is 4.19. The molecule has 0 aliphatic heterocycles. The zero-order chi connectivity index (χ0) is 10.1. The molecular weight excluding hydrogens is 176 g/mol. The Balaban J connectivity index is 0.000000146. The SMILES string of the molecule is OOC1CCCCC1.c1ccccc1. The lowest BCUT2D eigenvalue weighted by Crippen LogP contribution is -2.14. The van der Waals surface area contributed by atoms with Gasteiger partial charge in [-0.2, -0.15) is 0 Å². The molecule has 78 valence electrons. The van der Waals surface area contributed by atoms with Crippen molar-refractivity contribution in [3.63, 3.8) is 0 Å². The summed E-state index contributed by atoms with van der Waals surface area (Å²) in [5, 5.41) is 8.19. The van der Waals surface area contributed by atoms with Gasteiger partial charge in [0.2, 0.25) is 0 Å². The molecule has 0 aromatic heterocycles. The Bertz CT molecular complexity index is 178. The molecule has 2 nitrogen and oxygen atoms in total. The van der Waals surface area contributed by atoms with Gasteiger partial charge in [0.25, 0.3) is 0 Å². The summed E-state index contributed by atoms with van der Waals surface area (Å²) in [5.74, 6) is 0. The Kier molecular flexibility index (Phi) is 6.04. The largest absolute Gasteiger partial charge is 0.252 e. The minimum absolute atomic E-state index is 0.142. The number of hydrogen-bond acceptors (Lipinski definition) is 2. The molecule has 1 fully saturated rings. The molecule has 14 heavy (non-hydrogen) atoms. The molecule has 0 amide bonds. The first-order valence-electron chi connectivity index (χ1n) is 5.23. The van der Waals surface area contributed by atoms with E-state index in [1.54, 1.807) is 0 Å². The van der Waals surface area contributed by atoms with Crippen LogP contribution in [0.4, 0.5) is 0 Å². The zero-order valence-electron chi connectivity index (χ0n) is 8.43. The first-order chi connectivity index (χ1) is 6.93. The minimum atomic E-state index is 0.142. The molecular formula is C12H18O2. The van der Waals surface area contributed by atoms with E-state index < -0.39 is 0 Å². The van der Waals surface area contributed by atoms with Crippen molar-refractivity contribution in [2.45, 2.75) is 38.2 Å². The van der Waals surface area contributed by atoms with Crippen molar-refractivity contribution in [2.24, 2.45) is 0 Å². The standard InChI is InChI=1S/C6H12O2.C6H6/c7-8-6-4-2-1-3-5-6;1-2-4-6-5-3-1/h6-7H,1-5H2;1-6H. The van der Waals surface area contributed by atoms with Crippen LogP contribution >= 0.6 is 0 Å². The number of hydrogen-bond donors (Lipinski definition) is 1. The first-order valence-corrected chi connectivity index (χ1v) is 5.23. The van der Waals surface area contributed by atoms with Crippen LogP contribution in [-0.2, 0) is 4.89 Å². The minimum Gasteiger partial charge on any atom is -0.252 e. The summed E-state index contributed by atoms with van der Waals surface area (Å²) in [5.41, 5.74) is 0. The van der Waals surface area contributed by atoms with Gasteiger partial charge in [-0.25, -0.2) is 4.89 Å². The maximum absolute atomic E-state index is 8.19. The van der Waals surface area contributed by atoms with Crippen LogP contribution < -0.4 is 0 Å². The monoisotopic (exact) mass is 194 g/mol. The van der Waals surface area contributed by atoms with E-state index in [2.05, 4.69) is 4.89 Å². The highest BCUT2D eigenvalue weighted by Gasteiger charge is 2.12. The van der Waals surface area contributed by atoms with Crippen LogP contribution in [0.3, 0.4) is 0 Å². The summed E-state index contributed by atoms with van der Waals surface area (Å²) >= 11 is 0. The van der Waals surface area contributed by atoms with Gasteiger partial charge in [-0.3, -0.25) is 5.26 Å². The van der Waals surface area contributed by atoms with Gasteiger partial charge in [0.05, 0.1) is 6.10 Å². The maximum atomic E-state index is 8.19. The van der Waals surface area contributed by atoms with Gasteiger partial charge < -0.3 is 0 Å². The van der Waals surface area contributed by atoms with Crippen molar-refractivity contribution in [1.82, 2.24) is 0 Å². The molecule has 0 unspecified atom stereocenters. The number of rotatable bonds is 1. The summed E-state index contributed by atoms with van der Waals surface area (Å²) in [7, 11) is 0. The highest BCUT2D eigenvalue weighted by Crippen LogP contribution is 2.18. The zero-order valence-corrected chi connectivity index (χ0v) is 8.43. The van der Waals surface area contributed by atoms with Gasteiger partial charge >= 0.3 is 0 Å². The average Bonchev–Trinajstić information content (AvgIpc) is 2.33. The van der Waals surface area contributed by atoms with Crippen molar-refractivity contribution >= 4 is 0 Å². The van der Waals surface area contributed by atoms with Gasteiger partial charge in [0.15, 0.2) is 0 Å². The molecule has 0 radical (unpaired) electrons. The lowest BCUT2D eigenvalue weighted by atomic mass is 9.98. The molecule has 0 spiro atoms. The molecule has 0 bridgehead atoms. The molecule has 1 saturated carbocycles. The van der Waals surface area contributed by atoms with E-state index in [9.17, 15) is 0 Å². The van der Waals surface area contributed by atoms with E-state index in [1.807, 2.05) is 36.4 Å². The summed E-state index contributed by atoms with van der Waals surface area (Å²) in [6.45, 7) is 0. The van der Waals surface area contributed by atoms with Crippen LogP contribution in [0.2, 0.25) is 0 Å². The third-order valence-corrected chi connectivity index (χ3v) is 2.37. The topological polar surface area (TPSA) is 29.5 Å². The van der Waals surface area contributed by atoms with Gasteiger partial charge in [-0.15, -0.1) is 0 Å². The van der Waals surface area contributed by atoms with Crippen LogP contribution in [0.1, 0.15) is 32.1 Å². The summed E-state index contributed by atoms with van der Waals surface area (Å²) < 4.78 is 0. The fraction of sp³-hybridized carbons (Fsp3) is 0.500. The first kappa shape index (κ1) is 11.2. The van der Waals surface area contributed by atoms with Gasteiger partial charge in [0.1, 0.15) is 0 Å². The Morgan fingerprint density at radius 2 is 1.21 bits per heavy atom. The van der Waals surface area contributed by atoms with Crippen LogP contribution in [-0.4, -0.2) is 11.4 Å².